The molecule has 2 heteroatoms. The second-order valence-corrected chi connectivity index (χ2v) is 6.96. The summed E-state index contributed by atoms with van der Waals surface area (Å²) in [5.74, 6) is 0. The Hall–Kier alpha value is -1.33. The summed E-state index contributed by atoms with van der Waals surface area (Å²) in [5.41, 5.74) is 2.62. The molecular formula is C16H20NP. The van der Waals surface area contributed by atoms with Crippen LogP contribution in [0.4, 0.5) is 5.69 Å². The van der Waals surface area contributed by atoms with Gasteiger partial charge < -0.3 is 4.67 Å². The molecule has 0 aliphatic heterocycles. The highest BCUT2D eigenvalue weighted by atomic mass is 31.1. The fourth-order valence-electron chi connectivity index (χ4n) is 2.07. The average Bonchev–Trinajstić information content (AvgIpc) is 2.42. The molecule has 94 valence electrons. The average molecular weight is 257 g/mol. The second-order valence-electron chi connectivity index (χ2n) is 4.41. The lowest BCUT2D eigenvalue weighted by atomic mass is 10.2. The van der Waals surface area contributed by atoms with Crippen LogP contribution in [0.15, 0.2) is 54.6 Å². The molecule has 2 rings (SSSR count). The zero-order chi connectivity index (χ0) is 13.0. The smallest absolute Gasteiger partial charge is 0.0398 e. The minimum Gasteiger partial charge on any atom is -0.350 e. The van der Waals surface area contributed by atoms with E-state index in [1.165, 1.54) is 22.7 Å². The van der Waals surface area contributed by atoms with Gasteiger partial charge in [-0.15, -0.1) is 0 Å². The predicted octanol–water partition coefficient (Wildman–Crippen LogP) is 4.17. The molecule has 0 aliphatic carbocycles. The molecule has 0 fully saturated rings. The topological polar surface area (TPSA) is 3.24 Å². The molecule has 2 aromatic rings. The Kier molecular flexibility index (Phi) is 4.38. The maximum absolute atomic E-state index is 2.42. The van der Waals surface area contributed by atoms with Crippen LogP contribution in [0.25, 0.3) is 0 Å². The van der Waals surface area contributed by atoms with E-state index >= 15 is 0 Å². The highest BCUT2D eigenvalue weighted by molar-refractivity contribution is 7.67. The molecule has 0 heterocycles. The molecule has 1 unspecified atom stereocenters. The molecule has 1 nitrogen and oxygen atoms in total. The summed E-state index contributed by atoms with van der Waals surface area (Å²) in [7, 11) is 1.93. The zero-order valence-electron chi connectivity index (χ0n) is 11.3. The molecule has 0 aliphatic rings. The van der Waals surface area contributed by atoms with Gasteiger partial charge in [0.1, 0.15) is 0 Å². The van der Waals surface area contributed by atoms with Crippen LogP contribution < -0.4 is 9.97 Å². The Morgan fingerprint density at radius 2 is 1.56 bits per heavy atom. The highest BCUT2D eigenvalue weighted by Gasteiger charge is 2.14. The van der Waals surface area contributed by atoms with E-state index in [1.807, 2.05) is 0 Å². The van der Waals surface area contributed by atoms with Crippen LogP contribution in [0.2, 0.25) is 0 Å². The molecule has 0 saturated carbocycles. The molecule has 0 saturated heterocycles. The van der Waals surface area contributed by atoms with E-state index in [2.05, 4.69) is 80.2 Å². The minimum absolute atomic E-state index is 0.270. The van der Waals surface area contributed by atoms with Crippen molar-refractivity contribution in [3.63, 3.8) is 0 Å². The first-order valence-corrected chi connectivity index (χ1v) is 7.83. The van der Waals surface area contributed by atoms with Crippen LogP contribution in [-0.4, -0.2) is 13.2 Å². The van der Waals surface area contributed by atoms with Crippen molar-refractivity contribution in [3.8, 4) is 0 Å². The fourth-order valence-corrected chi connectivity index (χ4v) is 4.11. The lowest BCUT2D eigenvalue weighted by Gasteiger charge is -2.29. The van der Waals surface area contributed by atoms with Gasteiger partial charge in [-0.3, -0.25) is 0 Å². The van der Waals surface area contributed by atoms with Gasteiger partial charge in [-0.2, -0.15) is 0 Å². The van der Waals surface area contributed by atoms with Crippen molar-refractivity contribution in [2.24, 2.45) is 0 Å². The number of hydrogen-bond acceptors (Lipinski definition) is 1. The minimum atomic E-state index is -0.270. The van der Waals surface area contributed by atoms with E-state index in [9.17, 15) is 0 Å². The van der Waals surface area contributed by atoms with Gasteiger partial charge in [0.15, 0.2) is 0 Å². The number of nitrogens with zero attached hydrogens (tertiary/aromatic N) is 1. The molecule has 0 radical (unpaired) electrons. The van der Waals surface area contributed by atoms with Crippen molar-refractivity contribution in [2.75, 3.05) is 17.9 Å². The van der Waals surface area contributed by atoms with Crippen LogP contribution in [0, 0.1) is 6.92 Å². The van der Waals surface area contributed by atoms with Crippen molar-refractivity contribution < 1.29 is 0 Å². The van der Waals surface area contributed by atoms with Crippen LogP contribution in [0.3, 0.4) is 0 Å². The van der Waals surface area contributed by atoms with E-state index in [1.54, 1.807) is 0 Å². The van der Waals surface area contributed by atoms with Gasteiger partial charge in [-0.25, -0.2) is 0 Å². The maximum Gasteiger partial charge on any atom is 0.0398 e. The zero-order valence-corrected chi connectivity index (χ0v) is 12.2. The Bertz CT molecular complexity index is 478. The molecule has 0 bridgehead atoms. The summed E-state index contributed by atoms with van der Waals surface area (Å²) in [6, 6.07) is 19.6. The van der Waals surface area contributed by atoms with Gasteiger partial charge in [-0.1, -0.05) is 55.0 Å². The van der Waals surface area contributed by atoms with Crippen LogP contribution in [0.1, 0.15) is 12.5 Å². The standard InChI is InChI=1S/C16H20NP/c1-4-18(16-12-10-14(2)11-13-16)17(3)15-8-6-5-7-9-15/h5-13H,4H2,1-3H3. The van der Waals surface area contributed by atoms with Gasteiger partial charge in [0.05, 0.1) is 0 Å². The quantitative estimate of drug-likeness (QED) is 0.743. The van der Waals surface area contributed by atoms with Crippen molar-refractivity contribution in [3.05, 3.63) is 60.2 Å². The number of aryl methyl sites for hydroxylation is 1. The Labute approximate surface area is 111 Å². The third-order valence-corrected chi connectivity index (χ3v) is 5.57. The molecular weight excluding hydrogens is 237 g/mol. The lowest BCUT2D eigenvalue weighted by Crippen LogP contribution is -2.19. The summed E-state index contributed by atoms with van der Waals surface area (Å²) >= 11 is 0. The number of rotatable bonds is 4. The lowest BCUT2D eigenvalue weighted by molar-refractivity contribution is 1.31. The Morgan fingerprint density at radius 1 is 0.944 bits per heavy atom. The van der Waals surface area contributed by atoms with E-state index in [4.69, 9.17) is 0 Å². The molecule has 18 heavy (non-hydrogen) atoms. The van der Waals surface area contributed by atoms with Gasteiger partial charge in [0, 0.05) is 20.8 Å². The SMILES string of the molecule is CCP(c1ccc(C)cc1)N(C)c1ccccc1. The highest BCUT2D eigenvalue weighted by Crippen LogP contribution is 2.40. The third-order valence-electron chi connectivity index (χ3n) is 3.12. The van der Waals surface area contributed by atoms with Gasteiger partial charge in [-0.05, 0) is 30.5 Å². The van der Waals surface area contributed by atoms with Crippen LogP contribution in [0.5, 0.6) is 0 Å². The van der Waals surface area contributed by atoms with Crippen LogP contribution >= 0.6 is 8.07 Å². The van der Waals surface area contributed by atoms with Gasteiger partial charge in [0.2, 0.25) is 0 Å². The van der Waals surface area contributed by atoms with Crippen molar-refractivity contribution in [1.82, 2.24) is 0 Å². The fraction of sp³-hybridized carbons (Fsp3) is 0.250. The summed E-state index contributed by atoms with van der Waals surface area (Å²) in [4.78, 5) is 0. The summed E-state index contributed by atoms with van der Waals surface area (Å²) < 4.78 is 2.42. The van der Waals surface area contributed by atoms with E-state index in [0.717, 1.165) is 0 Å². The molecule has 0 aromatic heterocycles. The van der Waals surface area contributed by atoms with Crippen molar-refractivity contribution in [2.45, 2.75) is 13.8 Å². The first kappa shape index (κ1) is 13.1. The molecule has 1 atom stereocenters. The van der Waals surface area contributed by atoms with Crippen molar-refractivity contribution >= 4 is 19.1 Å². The third kappa shape index (κ3) is 2.91. The van der Waals surface area contributed by atoms with Gasteiger partial charge >= 0.3 is 0 Å². The molecule has 0 amide bonds. The number of anilines is 1. The monoisotopic (exact) mass is 257 g/mol. The molecule has 2 aromatic carbocycles. The van der Waals surface area contributed by atoms with Crippen molar-refractivity contribution in [1.29, 1.82) is 0 Å². The Morgan fingerprint density at radius 3 is 2.11 bits per heavy atom. The Balaban J connectivity index is 2.26. The number of para-hydroxylation sites is 1. The van der Waals surface area contributed by atoms with Gasteiger partial charge in [0.25, 0.3) is 0 Å². The molecule has 0 N–H and O–H groups in total. The first-order valence-electron chi connectivity index (χ1n) is 6.35. The normalized spacial score (nSPS) is 12.2. The first-order chi connectivity index (χ1) is 8.72. The van der Waals surface area contributed by atoms with E-state index < -0.39 is 0 Å². The summed E-state index contributed by atoms with van der Waals surface area (Å²) in [6.07, 6.45) is 1.17. The number of benzene rings is 2. The van der Waals surface area contributed by atoms with Crippen LogP contribution in [-0.2, 0) is 0 Å². The molecule has 0 spiro atoms. The predicted molar refractivity (Wildman–Crippen MR) is 83.1 cm³/mol. The maximum atomic E-state index is 2.42. The summed E-state index contributed by atoms with van der Waals surface area (Å²) in [6.45, 7) is 4.41. The second kappa shape index (κ2) is 6.02. The number of hydrogen-bond donors (Lipinski definition) is 0. The van der Waals surface area contributed by atoms with E-state index in [-0.39, 0.29) is 8.07 Å². The largest absolute Gasteiger partial charge is 0.350 e. The van der Waals surface area contributed by atoms with E-state index in [0.29, 0.717) is 0 Å². The summed E-state index contributed by atoms with van der Waals surface area (Å²) in [5, 5.41) is 1.45.